The Labute approximate surface area is 140 Å². The molecule has 1 heterocycles. The van der Waals surface area contributed by atoms with E-state index in [1.54, 1.807) is 18.2 Å². The van der Waals surface area contributed by atoms with Crippen molar-refractivity contribution in [3.05, 3.63) is 52.4 Å². The van der Waals surface area contributed by atoms with E-state index >= 15 is 0 Å². The lowest BCUT2D eigenvalue weighted by atomic mass is 10.0. The van der Waals surface area contributed by atoms with Crippen LogP contribution in [0.25, 0.3) is 0 Å². The van der Waals surface area contributed by atoms with Gasteiger partial charge in [-0.3, -0.25) is 9.59 Å². The second-order valence-electron chi connectivity index (χ2n) is 5.57. The van der Waals surface area contributed by atoms with Gasteiger partial charge in [0.1, 0.15) is 0 Å². The van der Waals surface area contributed by atoms with E-state index in [0.717, 1.165) is 11.1 Å². The minimum absolute atomic E-state index is 0.162. The molecule has 0 radical (unpaired) electrons. The van der Waals surface area contributed by atoms with Crippen molar-refractivity contribution in [2.45, 2.75) is 26.7 Å². The van der Waals surface area contributed by atoms with Crippen LogP contribution in [0.15, 0.2) is 34.9 Å². The molecule has 1 aromatic heterocycles. The van der Waals surface area contributed by atoms with Crippen LogP contribution in [0.4, 0.5) is 5.69 Å². The minimum Gasteiger partial charge on any atom is -0.459 e. The largest absolute Gasteiger partial charge is 0.459 e. The van der Waals surface area contributed by atoms with E-state index in [4.69, 9.17) is 16.0 Å². The second kappa shape index (κ2) is 7.33. The number of furan rings is 1. The normalized spacial score (nSPS) is 10.7. The van der Waals surface area contributed by atoms with Crippen molar-refractivity contribution in [2.24, 2.45) is 0 Å². The standard InChI is InChI=1S/C17H19ClN2O3/c1-10(2)12-6-7-23-16(12)17(22)19-9-15(21)20-14-5-4-11(3)8-13(14)18/h4-8,10H,9H2,1-3H3,(H,19,22)(H,20,21). The van der Waals surface area contributed by atoms with Crippen LogP contribution in [0.2, 0.25) is 5.02 Å². The fourth-order valence-electron chi connectivity index (χ4n) is 2.12. The molecule has 0 aliphatic rings. The highest BCUT2D eigenvalue weighted by atomic mass is 35.5. The summed E-state index contributed by atoms with van der Waals surface area (Å²) in [6.45, 7) is 5.68. The van der Waals surface area contributed by atoms with Gasteiger partial charge in [0.05, 0.1) is 23.5 Å². The molecular weight excluding hydrogens is 316 g/mol. The number of anilines is 1. The van der Waals surface area contributed by atoms with E-state index in [0.29, 0.717) is 10.7 Å². The van der Waals surface area contributed by atoms with Crippen LogP contribution in [-0.4, -0.2) is 18.4 Å². The molecule has 0 saturated heterocycles. The fraction of sp³-hybridized carbons (Fsp3) is 0.294. The Morgan fingerprint density at radius 1 is 1.26 bits per heavy atom. The van der Waals surface area contributed by atoms with Crippen LogP contribution in [0.3, 0.4) is 0 Å². The predicted octanol–water partition coefficient (Wildman–Crippen LogP) is 3.73. The molecule has 2 N–H and O–H groups in total. The van der Waals surface area contributed by atoms with Crippen LogP contribution in [0, 0.1) is 6.92 Å². The van der Waals surface area contributed by atoms with E-state index in [9.17, 15) is 9.59 Å². The molecule has 5 nitrogen and oxygen atoms in total. The van der Waals surface area contributed by atoms with Crippen molar-refractivity contribution < 1.29 is 14.0 Å². The number of rotatable bonds is 5. The maximum atomic E-state index is 12.1. The second-order valence-corrected chi connectivity index (χ2v) is 5.98. The monoisotopic (exact) mass is 334 g/mol. The molecule has 2 amide bonds. The zero-order chi connectivity index (χ0) is 17.0. The number of halogens is 1. The number of aryl methyl sites for hydroxylation is 1. The van der Waals surface area contributed by atoms with Gasteiger partial charge in [-0.1, -0.05) is 31.5 Å². The molecule has 0 atom stereocenters. The van der Waals surface area contributed by atoms with Crippen LogP contribution < -0.4 is 10.6 Å². The third-order valence-corrected chi connectivity index (χ3v) is 3.64. The van der Waals surface area contributed by atoms with Gasteiger partial charge in [-0.15, -0.1) is 0 Å². The molecular formula is C17H19ClN2O3. The molecule has 122 valence electrons. The summed E-state index contributed by atoms with van der Waals surface area (Å²) in [5.41, 5.74) is 2.32. The lowest BCUT2D eigenvalue weighted by molar-refractivity contribution is -0.115. The maximum absolute atomic E-state index is 12.1. The molecule has 6 heteroatoms. The SMILES string of the molecule is Cc1ccc(NC(=O)CNC(=O)c2occc2C(C)C)c(Cl)c1. The summed E-state index contributed by atoms with van der Waals surface area (Å²) in [6, 6.07) is 7.08. The Morgan fingerprint density at radius 3 is 2.65 bits per heavy atom. The third-order valence-electron chi connectivity index (χ3n) is 3.33. The predicted molar refractivity (Wildman–Crippen MR) is 89.9 cm³/mol. The highest BCUT2D eigenvalue weighted by Gasteiger charge is 2.18. The zero-order valence-electron chi connectivity index (χ0n) is 13.3. The van der Waals surface area contributed by atoms with Gasteiger partial charge in [0.15, 0.2) is 5.76 Å². The molecule has 2 aromatic rings. The molecule has 1 aromatic carbocycles. The van der Waals surface area contributed by atoms with Crippen LogP contribution in [0.5, 0.6) is 0 Å². The van der Waals surface area contributed by atoms with Gasteiger partial charge < -0.3 is 15.1 Å². The highest BCUT2D eigenvalue weighted by molar-refractivity contribution is 6.33. The van der Waals surface area contributed by atoms with E-state index in [2.05, 4.69) is 10.6 Å². The summed E-state index contributed by atoms with van der Waals surface area (Å²) in [5, 5.41) is 5.66. The number of hydrogen-bond acceptors (Lipinski definition) is 3. The number of benzene rings is 1. The first-order chi connectivity index (χ1) is 10.9. The smallest absolute Gasteiger partial charge is 0.287 e. The Morgan fingerprint density at radius 2 is 2.00 bits per heavy atom. The molecule has 23 heavy (non-hydrogen) atoms. The average molecular weight is 335 g/mol. The lowest BCUT2D eigenvalue weighted by Gasteiger charge is -2.09. The molecule has 0 bridgehead atoms. The maximum Gasteiger partial charge on any atom is 0.287 e. The molecule has 0 unspecified atom stereocenters. The summed E-state index contributed by atoms with van der Waals surface area (Å²) in [5.74, 6) is -0.374. The van der Waals surface area contributed by atoms with Gasteiger partial charge in [-0.05, 0) is 36.6 Å². The van der Waals surface area contributed by atoms with Crippen molar-refractivity contribution in [3.63, 3.8) is 0 Å². The van der Waals surface area contributed by atoms with Crippen LogP contribution >= 0.6 is 11.6 Å². The summed E-state index contributed by atoms with van der Waals surface area (Å²) < 4.78 is 5.21. The van der Waals surface area contributed by atoms with Gasteiger partial charge in [0.25, 0.3) is 5.91 Å². The zero-order valence-corrected chi connectivity index (χ0v) is 14.0. The van der Waals surface area contributed by atoms with E-state index in [-0.39, 0.29) is 24.1 Å². The molecule has 0 fully saturated rings. The Kier molecular flexibility index (Phi) is 5.45. The Bertz CT molecular complexity index is 722. The van der Waals surface area contributed by atoms with Crippen LogP contribution in [-0.2, 0) is 4.79 Å². The van der Waals surface area contributed by atoms with Crippen molar-refractivity contribution >= 4 is 29.1 Å². The molecule has 0 spiro atoms. The van der Waals surface area contributed by atoms with Gasteiger partial charge >= 0.3 is 0 Å². The number of amides is 2. The van der Waals surface area contributed by atoms with E-state index < -0.39 is 5.91 Å². The minimum atomic E-state index is -0.413. The number of hydrogen-bond donors (Lipinski definition) is 2. The van der Waals surface area contributed by atoms with Gasteiger partial charge in [0, 0.05) is 5.56 Å². The molecule has 0 aliphatic heterocycles. The summed E-state index contributed by atoms with van der Waals surface area (Å²) in [4.78, 5) is 24.0. The topological polar surface area (TPSA) is 71.3 Å². The first-order valence-electron chi connectivity index (χ1n) is 7.30. The summed E-state index contributed by atoms with van der Waals surface area (Å²) in [6.07, 6.45) is 1.47. The summed E-state index contributed by atoms with van der Waals surface area (Å²) >= 11 is 6.06. The third kappa shape index (κ3) is 4.36. The van der Waals surface area contributed by atoms with E-state index in [1.807, 2.05) is 26.8 Å². The summed E-state index contributed by atoms with van der Waals surface area (Å²) in [7, 11) is 0. The quantitative estimate of drug-likeness (QED) is 0.875. The Balaban J connectivity index is 1.93. The molecule has 0 aliphatic carbocycles. The first kappa shape index (κ1) is 17.1. The van der Waals surface area contributed by atoms with Crippen molar-refractivity contribution in [1.82, 2.24) is 5.32 Å². The highest BCUT2D eigenvalue weighted by Crippen LogP contribution is 2.22. The molecule has 2 rings (SSSR count). The first-order valence-corrected chi connectivity index (χ1v) is 7.68. The molecule has 0 saturated carbocycles. The van der Waals surface area contributed by atoms with Crippen molar-refractivity contribution in [2.75, 3.05) is 11.9 Å². The van der Waals surface area contributed by atoms with Crippen LogP contribution in [0.1, 0.15) is 41.4 Å². The Hall–Kier alpha value is -2.27. The van der Waals surface area contributed by atoms with Gasteiger partial charge in [-0.25, -0.2) is 0 Å². The van der Waals surface area contributed by atoms with Gasteiger partial charge in [0.2, 0.25) is 5.91 Å². The van der Waals surface area contributed by atoms with E-state index in [1.165, 1.54) is 6.26 Å². The number of carbonyl (C=O) groups excluding carboxylic acids is 2. The number of nitrogens with one attached hydrogen (secondary N) is 2. The van der Waals surface area contributed by atoms with Crippen molar-refractivity contribution in [3.8, 4) is 0 Å². The average Bonchev–Trinajstić information content (AvgIpc) is 2.97. The number of carbonyl (C=O) groups is 2. The van der Waals surface area contributed by atoms with Gasteiger partial charge in [-0.2, -0.15) is 0 Å². The fourth-order valence-corrected chi connectivity index (χ4v) is 2.40. The lowest BCUT2D eigenvalue weighted by Crippen LogP contribution is -2.33. The van der Waals surface area contributed by atoms with Crippen molar-refractivity contribution in [1.29, 1.82) is 0 Å².